The van der Waals surface area contributed by atoms with E-state index in [-0.39, 0.29) is 0 Å². The molecule has 1 N–H and O–H groups in total. The maximum Gasteiger partial charge on any atom is 0.140 e. The van der Waals surface area contributed by atoms with Crippen LogP contribution < -0.4 is 5.32 Å². The van der Waals surface area contributed by atoms with Gasteiger partial charge in [0.05, 0.1) is 4.47 Å². The summed E-state index contributed by atoms with van der Waals surface area (Å²) in [6.45, 7) is 4.94. The van der Waals surface area contributed by atoms with Crippen LogP contribution in [-0.4, -0.2) is 4.98 Å². The number of rotatable bonds is 3. The van der Waals surface area contributed by atoms with E-state index in [1.165, 1.54) is 11.1 Å². The van der Waals surface area contributed by atoms with E-state index in [4.69, 9.17) is 0 Å². The molecule has 0 spiro atoms. The molecule has 0 amide bonds. The van der Waals surface area contributed by atoms with Crippen molar-refractivity contribution in [3.8, 4) is 0 Å². The van der Waals surface area contributed by atoms with Crippen LogP contribution in [-0.2, 0) is 6.54 Å². The number of aryl methyl sites for hydroxylation is 2. The lowest BCUT2D eigenvalue weighted by molar-refractivity contribution is 1.08. The van der Waals surface area contributed by atoms with Gasteiger partial charge in [-0.05, 0) is 52.5 Å². The number of anilines is 1. The quantitative estimate of drug-likeness (QED) is 0.922. The highest BCUT2D eigenvalue weighted by atomic mass is 79.9. The maximum atomic E-state index is 4.36. The van der Waals surface area contributed by atoms with E-state index in [0.29, 0.717) is 0 Å². The number of benzene rings is 1. The molecular weight excluding hydrogens is 276 g/mol. The van der Waals surface area contributed by atoms with Crippen molar-refractivity contribution in [3.63, 3.8) is 0 Å². The molecule has 0 bridgehead atoms. The van der Waals surface area contributed by atoms with Crippen LogP contribution in [0.25, 0.3) is 0 Å². The lowest BCUT2D eigenvalue weighted by atomic mass is 10.1. The molecular formula is C14H15BrN2. The number of halogens is 1. The molecule has 0 fully saturated rings. The van der Waals surface area contributed by atoms with Crippen LogP contribution in [0.2, 0.25) is 0 Å². The normalized spacial score (nSPS) is 10.3. The van der Waals surface area contributed by atoms with Crippen LogP contribution in [0.1, 0.15) is 16.7 Å². The predicted octanol–water partition coefficient (Wildman–Crippen LogP) is 4.07. The van der Waals surface area contributed by atoms with Gasteiger partial charge in [0.15, 0.2) is 0 Å². The van der Waals surface area contributed by atoms with Gasteiger partial charge in [0.2, 0.25) is 0 Å². The molecule has 1 heterocycles. The maximum absolute atomic E-state index is 4.36. The van der Waals surface area contributed by atoms with Crippen molar-refractivity contribution in [3.05, 3.63) is 57.7 Å². The summed E-state index contributed by atoms with van der Waals surface area (Å²) in [6.07, 6.45) is 1.87. The molecule has 0 radical (unpaired) electrons. The van der Waals surface area contributed by atoms with E-state index in [0.717, 1.165) is 22.4 Å². The van der Waals surface area contributed by atoms with Gasteiger partial charge in [0.1, 0.15) is 5.82 Å². The molecule has 0 atom stereocenters. The summed E-state index contributed by atoms with van der Waals surface area (Å²) in [5.74, 6) is 0.888. The summed E-state index contributed by atoms with van der Waals surface area (Å²) in [4.78, 5) is 4.36. The van der Waals surface area contributed by atoms with Crippen molar-refractivity contribution in [2.75, 3.05) is 5.32 Å². The van der Waals surface area contributed by atoms with Crippen molar-refractivity contribution in [2.24, 2.45) is 0 Å². The number of nitrogens with zero attached hydrogens (tertiary/aromatic N) is 1. The van der Waals surface area contributed by atoms with Gasteiger partial charge >= 0.3 is 0 Å². The smallest absolute Gasteiger partial charge is 0.140 e. The molecule has 2 aromatic rings. The minimum atomic E-state index is 0.793. The molecule has 0 aliphatic carbocycles. The van der Waals surface area contributed by atoms with E-state index >= 15 is 0 Å². The highest BCUT2D eigenvalue weighted by Gasteiger charge is 2.02. The largest absolute Gasteiger partial charge is 0.365 e. The highest BCUT2D eigenvalue weighted by molar-refractivity contribution is 9.10. The predicted molar refractivity (Wildman–Crippen MR) is 75.2 cm³/mol. The third-order valence-electron chi connectivity index (χ3n) is 2.69. The topological polar surface area (TPSA) is 24.9 Å². The molecule has 88 valence electrons. The summed E-state index contributed by atoms with van der Waals surface area (Å²) in [6, 6.07) is 10.4. The molecule has 0 unspecified atom stereocenters. The van der Waals surface area contributed by atoms with Crippen molar-refractivity contribution < 1.29 is 0 Å². The lowest BCUT2D eigenvalue weighted by Gasteiger charge is -2.09. The molecule has 1 aromatic heterocycles. The summed E-state index contributed by atoms with van der Waals surface area (Å²) in [5, 5.41) is 3.34. The van der Waals surface area contributed by atoms with Gasteiger partial charge in [0.25, 0.3) is 0 Å². The molecule has 0 aliphatic rings. The van der Waals surface area contributed by atoms with E-state index in [1.54, 1.807) is 0 Å². The Morgan fingerprint density at radius 1 is 1.24 bits per heavy atom. The first-order valence-electron chi connectivity index (χ1n) is 5.57. The summed E-state index contributed by atoms with van der Waals surface area (Å²) < 4.78 is 1.01. The first kappa shape index (κ1) is 12.1. The minimum absolute atomic E-state index is 0.793. The van der Waals surface area contributed by atoms with E-state index in [9.17, 15) is 0 Å². The zero-order valence-electron chi connectivity index (χ0n) is 10.00. The Hall–Kier alpha value is -1.35. The van der Waals surface area contributed by atoms with Gasteiger partial charge in [-0.25, -0.2) is 4.98 Å². The Bertz CT molecular complexity index is 523. The summed E-state index contributed by atoms with van der Waals surface area (Å²) >= 11 is 3.51. The van der Waals surface area contributed by atoms with Gasteiger partial charge in [-0.1, -0.05) is 24.3 Å². The number of hydrogen-bond donors (Lipinski definition) is 1. The van der Waals surface area contributed by atoms with Gasteiger partial charge in [-0.3, -0.25) is 0 Å². The number of nitrogens with one attached hydrogen (secondary N) is 1. The summed E-state index contributed by atoms with van der Waals surface area (Å²) in [5.41, 5.74) is 3.74. The molecule has 0 aliphatic heterocycles. The Labute approximate surface area is 110 Å². The van der Waals surface area contributed by atoms with Crippen LogP contribution in [0.5, 0.6) is 0 Å². The Kier molecular flexibility index (Phi) is 3.79. The van der Waals surface area contributed by atoms with Crippen molar-refractivity contribution >= 4 is 21.7 Å². The molecule has 3 heteroatoms. The van der Waals surface area contributed by atoms with E-state index in [1.807, 2.05) is 13.1 Å². The molecule has 0 saturated heterocycles. The van der Waals surface area contributed by atoms with E-state index < -0.39 is 0 Å². The second-order valence-corrected chi connectivity index (χ2v) is 4.98. The molecule has 0 saturated carbocycles. The highest BCUT2D eigenvalue weighted by Crippen LogP contribution is 2.21. The second kappa shape index (κ2) is 5.32. The number of hydrogen-bond acceptors (Lipinski definition) is 2. The van der Waals surface area contributed by atoms with Gasteiger partial charge in [0, 0.05) is 12.7 Å². The second-order valence-electron chi connectivity index (χ2n) is 4.12. The fourth-order valence-corrected chi connectivity index (χ4v) is 2.25. The average Bonchev–Trinajstić information content (AvgIpc) is 2.30. The lowest BCUT2D eigenvalue weighted by Crippen LogP contribution is -2.03. The van der Waals surface area contributed by atoms with Crippen LogP contribution in [0, 0.1) is 13.8 Å². The first-order valence-corrected chi connectivity index (χ1v) is 6.36. The van der Waals surface area contributed by atoms with Gasteiger partial charge < -0.3 is 5.32 Å². The number of pyridine rings is 1. The molecule has 2 nitrogen and oxygen atoms in total. The van der Waals surface area contributed by atoms with Crippen LogP contribution >= 0.6 is 15.9 Å². The third-order valence-corrected chi connectivity index (χ3v) is 3.29. The minimum Gasteiger partial charge on any atom is -0.365 e. The van der Waals surface area contributed by atoms with Crippen molar-refractivity contribution in [1.82, 2.24) is 4.98 Å². The molecule has 2 rings (SSSR count). The van der Waals surface area contributed by atoms with Crippen LogP contribution in [0.15, 0.2) is 41.0 Å². The molecule has 17 heavy (non-hydrogen) atoms. The van der Waals surface area contributed by atoms with Crippen LogP contribution in [0.4, 0.5) is 5.82 Å². The average molecular weight is 291 g/mol. The van der Waals surface area contributed by atoms with Crippen LogP contribution in [0.3, 0.4) is 0 Å². The standard InChI is InChI=1S/C14H15BrN2/c1-10-7-13(15)14(16-8-10)17-9-12-6-4-3-5-11(12)2/h3-8H,9H2,1-2H3,(H,16,17). The van der Waals surface area contributed by atoms with E-state index in [2.05, 4.69) is 63.5 Å². The fraction of sp³-hybridized carbons (Fsp3) is 0.214. The van der Waals surface area contributed by atoms with Crippen molar-refractivity contribution in [1.29, 1.82) is 0 Å². The monoisotopic (exact) mass is 290 g/mol. The van der Waals surface area contributed by atoms with Gasteiger partial charge in [-0.15, -0.1) is 0 Å². The third kappa shape index (κ3) is 3.07. The number of aromatic nitrogens is 1. The zero-order chi connectivity index (χ0) is 12.3. The summed E-state index contributed by atoms with van der Waals surface area (Å²) in [7, 11) is 0. The zero-order valence-corrected chi connectivity index (χ0v) is 11.6. The Balaban J connectivity index is 2.10. The fourth-order valence-electron chi connectivity index (χ4n) is 1.65. The SMILES string of the molecule is Cc1cnc(NCc2ccccc2C)c(Br)c1. The Morgan fingerprint density at radius 3 is 2.71 bits per heavy atom. The van der Waals surface area contributed by atoms with Gasteiger partial charge in [-0.2, -0.15) is 0 Å². The molecule has 1 aromatic carbocycles. The first-order chi connectivity index (χ1) is 8.16. The van der Waals surface area contributed by atoms with Crippen molar-refractivity contribution in [2.45, 2.75) is 20.4 Å². The Morgan fingerprint density at radius 2 is 2.00 bits per heavy atom.